The van der Waals surface area contributed by atoms with Crippen LogP contribution in [0, 0.1) is 0 Å². The summed E-state index contributed by atoms with van der Waals surface area (Å²) < 4.78 is 0. The van der Waals surface area contributed by atoms with Crippen molar-refractivity contribution in [3.05, 3.63) is 0 Å². The zero-order valence-electron chi connectivity index (χ0n) is 7.39. The smallest absolute Gasteiger partial charge is 0.318 e. The summed E-state index contributed by atoms with van der Waals surface area (Å²) in [7, 11) is 0. The Labute approximate surface area is 67.4 Å². The van der Waals surface area contributed by atoms with E-state index in [2.05, 4.69) is 9.99 Å². The first-order chi connectivity index (χ1) is 5.20. The lowest BCUT2D eigenvalue weighted by molar-refractivity contribution is -0.143. The van der Waals surface area contributed by atoms with E-state index in [9.17, 15) is 4.79 Å². The Morgan fingerprint density at radius 3 is 2.55 bits per heavy atom. The van der Waals surface area contributed by atoms with Crippen LogP contribution in [-0.2, 0) is 9.63 Å². The zero-order chi connectivity index (χ0) is 8.69. The van der Waals surface area contributed by atoms with Crippen LogP contribution in [0.1, 0.15) is 40.0 Å². The number of nitrogens with zero attached hydrogens (tertiary/aromatic N) is 1. The maximum atomic E-state index is 10.7. The van der Waals surface area contributed by atoms with E-state index in [4.69, 9.17) is 0 Å². The molecule has 0 aliphatic rings. The molecule has 0 aliphatic carbocycles. The Bertz CT molecular complexity index is 152. The Balaban J connectivity index is 3.60. The summed E-state index contributed by atoms with van der Waals surface area (Å²) in [6, 6.07) is 0. The van der Waals surface area contributed by atoms with Crippen LogP contribution in [0.25, 0.3) is 0 Å². The highest BCUT2D eigenvalue weighted by Gasteiger charge is 1.98. The molecule has 0 saturated heterocycles. The quantitative estimate of drug-likeness (QED) is 0.356. The fraction of sp³-hybridized carbons (Fsp3) is 0.750. The molecule has 0 spiro atoms. The van der Waals surface area contributed by atoms with Crippen LogP contribution in [0.5, 0.6) is 0 Å². The van der Waals surface area contributed by atoms with Crippen molar-refractivity contribution >= 4 is 11.7 Å². The van der Waals surface area contributed by atoms with E-state index in [0.29, 0.717) is 6.42 Å². The van der Waals surface area contributed by atoms with Crippen LogP contribution < -0.4 is 0 Å². The molecule has 3 nitrogen and oxygen atoms in total. The first-order valence-electron chi connectivity index (χ1n) is 3.94. The molecule has 0 amide bonds. The van der Waals surface area contributed by atoms with Gasteiger partial charge in [-0.1, -0.05) is 19.0 Å². The number of rotatable bonds is 4. The number of hydrogen-bond donors (Lipinski definition) is 0. The van der Waals surface area contributed by atoms with Crippen molar-refractivity contribution in [3.63, 3.8) is 0 Å². The van der Waals surface area contributed by atoms with Gasteiger partial charge < -0.3 is 4.84 Å². The highest BCUT2D eigenvalue weighted by Crippen LogP contribution is 1.93. The molecule has 0 unspecified atom stereocenters. The third-order valence-electron chi connectivity index (χ3n) is 1.27. The molecular formula is C8H15NO2. The minimum Gasteiger partial charge on any atom is -0.318 e. The van der Waals surface area contributed by atoms with Gasteiger partial charge in [-0.2, -0.15) is 0 Å². The molecule has 0 aromatic heterocycles. The van der Waals surface area contributed by atoms with E-state index in [0.717, 1.165) is 18.6 Å². The van der Waals surface area contributed by atoms with Crippen molar-refractivity contribution in [3.8, 4) is 0 Å². The third-order valence-corrected chi connectivity index (χ3v) is 1.27. The van der Waals surface area contributed by atoms with Gasteiger partial charge in [0.15, 0.2) is 0 Å². The van der Waals surface area contributed by atoms with Gasteiger partial charge >= 0.3 is 5.97 Å². The first-order valence-corrected chi connectivity index (χ1v) is 3.94. The molecule has 64 valence electrons. The van der Waals surface area contributed by atoms with Crippen LogP contribution >= 0.6 is 0 Å². The zero-order valence-corrected chi connectivity index (χ0v) is 7.39. The summed E-state index contributed by atoms with van der Waals surface area (Å²) in [5, 5.41) is 3.63. The van der Waals surface area contributed by atoms with E-state index in [1.807, 2.05) is 20.8 Å². The lowest BCUT2D eigenvalue weighted by Gasteiger charge is -1.95. The van der Waals surface area contributed by atoms with Gasteiger partial charge in [0.2, 0.25) is 0 Å². The van der Waals surface area contributed by atoms with Gasteiger partial charge in [0.05, 0.1) is 5.71 Å². The lowest BCUT2D eigenvalue weighted by atomic mass is 10.3. The Morgan fingerprint density at radius 1 is 1.45 bits per heavy atom. The number of hydrogen-bond acceptors (Lipinski definition) is 3. The molecule has 0 fully saturated rings. The Morgan fingerprint density at radius 2 is 2.09 bits per heavy atom. The summed E-state index contributed by atoms with van der Waals surface area (Å²) in [5.41, 5.74) is 0.842. The molecular weight excluding hydrogens is 142 g/mol. The largest absolute Gasteiger partial charge is 0.334 e. The predicted molar refractivity (Wildman–Crippen MR) is 44.4 cm³/mol. The maximum absolute atomic E-state index is 10.7. The molecule has 3 heteroatoms. The summed E-state index contributed by atoms with van der Waals surface area (Å²) in [4.78, 5) is 15.3. The summed E-state index contributed by atoms with van der Waals surface area (Å²) in [6.07, 6.45) is 2.07. The molecule has 0 heterocycles. The van der Waals surface area contributed by atoms with Gasteiger partial charge in [-0.15, -0.1) is 0 Å². The molecule has 0 aliphatic heterocycles. The van der Waals surface area contributed by atoms with Crippen LogP contribution in [0.15, 0.2) is 5.16 Å². The third kappa shape index (κ3) is 5.58. The number of carbonyl (C=O) groups is 1. The van der Waals surface area contributed by atoms with Gasteiger partial charge in [0, 0.05) is 6.42 Å². The lowest BCUT2D eigenvalue weighted by Crippen LogP contribution is -2.00. The number of oxime groups is 1. The fourth-order valence-electron chi connectivity index (χ4n) is 0.443. The summed E-state index contributed by atoms with van der Waals surface area (Å²) in [6.45, 7) is 5.73. The SMILES string of the molecule is CCCC(=O)O/N=C(\C)CC. The second-order valence-corrected chi connectivity index (χ2v) is 2.39. The predicted octanol–water partition coefficient (Wildman–Crippen LogP) is 2.12. The van der Waals surface area contributed by atoms with E-state index in [1.165, 1.54) is 0 Å². The minimum absolute atomic E-state index is 0.250. The van der Waals surface area contributed by atoms with Crippen molar-refractivity contribution < 1.29 is 9.63 Å². The van der Waals surface area contributed by atoms with Crippen molar-refractivity contribution in [2.75, 3.05) is 0 Å². The van der Waals surface area contributed by atoms with Crippen molar-refractivity contribution in [2.24, 2.45) is 5.16 Å². The molecule has 0 atom stereocenters. The molecule has 0 rings (SSSR count). The standard InChI is InChI=1S/C8H15NO2/c1-4-6-8(10)11-9-7(3)5-2/h4-6H2,1-3H3/b9-7+. The average Bonchev–Trinajstić information content (AvgIpc) is 2.01. The van der Waals surface area contributed by atoms with Crippen LogP contribution in [0.3, 0.4) is 0 Å². The monoisotopic (exact) mass is 157 g/mol. The van der Waals surface area contributed by atoms with Crippen LogP contribution in [0.4, 0.5) is 0 Å². The van der Waals surface area contributed by atoms with Crippen LogP contribution in [0.2, 0.25) is 0 Å². The number of carbonyl (C=O) groups excluding carboxylic acids is 1. The topological polar surface area (TPSA) is 38.7 Å². The van der Waals surface area contributed by atoms with Gasteiger partial charge in [-0.05, 0) is 19.8 Å². The highest BCUT2D eigenvalue weighted by atomic mass is 16.7. The molecule has 0 radical (unpaired) electrons. The molecule has 0 saturated carbocycles. The van der Waals surface area contributed by atoms with Gasteiger partial charge in [0.25, 0.3) is 0 Å². The van der Waals surface area contributed by atoms with Crippen LogP contribution in [-0.4, -0.2) is 11.7 Å². The fourth-order valence-corrected chi connectivity index (χ4v) is 0.443. The molecule has 0 aromatic carbocycles. The van der Waals surface area contributed by atoms with E-state index < -0.39 is 0 Å². The average molecular weight is 157 g/mol. The second-order valence-electron chi connectivity index (χ2n) is 2.39. The second kappa shape index (κ2) is 5.89. The van der Waals surface area contributed by atoms with E-state index in [1.54, 1.807) is 0 Å². The molecule has 0 bridgehead atoms. The highest BCUT2D eigenvalue weighted by molar-refractivity contribution is 5.82. The van der Waals surface area contributed by atoms with E-state index in [-0.39, 0.29) is 5.97 Å². The van der Waals surface area contributed by atoms with Gasteiger partial charge in [-0.25, -0.2) is 4.79 Å². The van der Waals surface area contributed by atoms with Crippen molar-refractivity contribution in [1.29, 1.82) is 0 Å². The van der Waals surface area contributed by atoms with Gasteiger partial charge in [0.1, 0.15) is 0 Å². The summed E-state index contributed by atoms with van der Waals surface area (Å²) >= 11 is 0. The minimum atomic E-state index is -0.250. The van der Waals surface area contributed by atoms with Crippen molar-refractivity contribution in [1.82, 2.24) is 0 Å². The Kier molecular flexibility index (Phi) is 5.43. The normalized spacial score (nSPS) is 11.4. The van der Waals surface area contributed by atoms with E-state index >= 15 is 0 Å². The molecule has 11 heavy (non-hydrogen) atoms. The summed E-state index contributed by atoms with van der Waals surface area (Å²) in [5.74, 6) is -0.250. The maximum Gasteiger partial charge on any atom is 0.334 e. The molecule has 0 aromatic rings. The Hall–Kier alpha value is -0.860. The molecule has 0 N–H and O–H groups in total. The first kappa shape index (κ1) is 10.1. The van der Waals surface area contributed by atoms with Crippen molar-refractivity contribution in [2.45, 2.75) is 40.0 Å². The van der Waals surface area contributed by atoms with Gasteiger partial charge in [-0.3, -0.25) is 0 Å².